The first-order valence-electron chi connectivity index (χ1n) is 9.82. The Morgan fingerprint density at radius 3 is 1.79 bits per heavy atom. The van der Waals surface area contributed by atoms with E-state index in [0.717, 1.165) is 12.1 Å². The van der Waals surface area contributed by atoms with E-state index >= 15 is 0 Å². The van der Waals surface area contributed by atoms with Crippen molar-refractivity contribution >= 4 is 23.9 Å². The summed E-state index contributed by atoms with van der Waals surface area (Å²) in [6.45, 7) is 4.48. The number of carbonyl (C=O) groups is 3. The standard InChI is InChI=1S/C20H25FN4O3/c21-16-1-3-17(4-2-16)23-11-13-25(14-12-23)19(28)20(5-6-20)18(27)24-9-7-22(15-26)8-10-24/h1-4,15H,5-14H2. The molecule has 28 heavy (non-hydrogen) atoms. The highest BCUT2D eigenvalue weighted by Gasteiger charge is 2.59. The number of benzene rings is 1. The summed E-state index contributed by atoms with van der Waals surface area (Å²) < 4.78 is 13.1. The molecule has 3 fully saturated rings. The summed E-state index contributed by atoms with van der Waals surface area (Å²) >= 11 is 0. The van der Waals surface area contributed by atoms with Crippen LogP contribution in [0, 0.1) is 11.2 Å². The fraction of sp³-hybridized carbons (Fsp3) is 0.550. The molecule has 2 heterocycles. The summed E-state index contributed by atoms with van der Waals surface area (Å²) in [4.78, 5) is 44.3. The third kappa shape index (κ3) is 3.43. The minimum atomic E-state index is -0.888. The summed E-state index contributed by atoms with van der Waals surface area (Å²) in [5.41, 5.74) is 0.0558. The molecule has 1 aliphatic carbocycles. The van der Waals surface area contributed by atoms with Gasteiger partial charge in [0.05, 0.1) is 0 Å². The first kappa shape index (κ1) is 18.7. The van der Waals surface area contributed by atoms with Crippen molar-refractivity contribution in [2.45, 2.75) is 12.8 Å². The van der Waals surface area contributed by atoms with Crippen molar-refractivity contribution in [1.82, 2.24) is 14.7 Å². The van der Waals surface area contributed by atoms with Crippen molar-refractivity contribution in [3.05, 3.63) is 30.1 Å². The van der Waals surface area contributed by atoms with Crippen LogP contribution in [0.2, 0.25) is 0 Å². The van der Waals surface area contributed by atoms with Gasteiger partial charge in [-0.1, -0.05) is 0 Å². The number of carbonyl (C=O) groups excluding carboxylic acids is 3. The second-order valence-corrected chi connectivity index (χ2v) is 7.77. The van der Waals surface area contributed by atoms with Crippen molar-refractivity contribution in [2.75, 3.05) is 57.3 Å². The highest BCUT2D eigenvalue weighted by molar-refractivity contribution is 6.08. The summed E-state index contributed by atoms with van der Waals surface area (Å²) in [6, 6.07) is 6.37. The lowest BCUT2D eigenvalue weighted by atomic mass is 10.0. The van der Waals surface area contributed by atoms with Crippen LogP contribution >= 0.6 is 0 Å². The Hall–Kier alpha value is -2.64. The maximum Gasteiger partial charge on any atom is 0.238 e. The Morgan fingerprint density at radius 1 is 0.821 bits per heavy atom. The van der Waals surface area contributed by atoms with E-state index < -0.39 is 5.41 Å². The Balaban J connectivity index is 1.35. The highest BCUT2D eigenvalue weighted by Crippen LogP contribution is 2.49. The zero-order valence-corrected chi connectivity index (χ0v) is 15.8. The normalized spacial score (nSPS) is 21.5. The number of halogens is 1. The molecule has 0 bridgehead atoms. The maximum atomic E-state index is 13.1. The van der Waals surface area contributed by atoms with E-state index in [-0.39, 0.29) is 17.6 Å². The summed E-state index contributed by atoms with van der Waals surface area (Å²) in [6.07, 6.45) is 2.02. The van der Waals surface area contributed by atoms with Gasteiger partial charge in [-0.25, -0.2) is 4.39 Å². The smallest absolute Gasteiger partial charge is 0.238 e. The van der Waals surface area contributed by atoms with Crippen LogP contribution in [0.15, 0.2) is 24.3 Å². The molecule has 4 rings (SSSR count). The van der Waals surface area contributed by atoms with Gasteiger partial charge in [0.25, 0.3) is 0 Å². The molecule has 7 nitrogen and oxygen atoms in total. The quantitative estimate of drug-likeness (QED) is 0.558. The van der Waals surface area contributed by atoms with Gasteiger partial charge < -0.3 is 19.6 Å². The van der Waals surface area contributed by atoms with Crippen LogP contribution in [-0.2, 0) is 14.4 Å². The number of piperazine rings is 2. The summed E-state index contributed by atoms with van der Waals surface area (Å²) in [5, 5.41) is 0. The SMILES string of the molecule is O=CN1CCN(C(=O)C2(C(=O)N3CCN(c4ccc(F)cc4)CC3)CC2)CC1. The number of anilines is 1. The molecule has 0 unspecified atom stereocenters. The molecule has 150 valence electrons. The van der Waals surface area contributed by atoms with Gasteiger partial charge in [-0.15, -0.1) is 0 Å². The second-order valence-electron chi connectivity index (χ2n) is 7.77. The third-order valence-corrected chi connectivity index (χ3v) is 6.08. The molecular weight excluding hydrogens is 363 g/mol. The lowest BCUT2D eigenvalue weighted by Gasteiger charge is -2.39. The minimum absolute atomic E-state index is 0.0610. The summed E-state index contributed by atoms with van der Waals surface area (Å²) in [5.74, 6) is -0.404. The average molecular weight is 388 g/mol. The molecular formula is C20H25FN4O3. The van der Waals surface area contributed by atoms with Gasteiger partial charge in [-0.3, -0.25) is 14.4 Å². The van der Waals surface area contributed by atoms with Gasteiger partial charge in [-0.2, -0.15) is 0 Å². The van der Waals surface area contributed by atoms with Crippen LogP contribution in [0.5, 0.6) is 0 Å². The Labute approximate surface area is 163 Å². The van der Waals surface area contributed by atoms with Crippen LogP contribution in [0.3, 0.4) is 0 Å². The monoisotopic (exact) mass is 388 g/mol. The van der Waals surface area contributed by atoms with Crippen LogP contribution in [-0.4, -0.2) is 85.3 Å². The second kappa shape index (κ2) is 7.41. The molecule has 1 saturated carbocycles. The third-order valence-electron chi connectivity index (χ3n) is 6.08. The van der Waals surface area contributed by atoms with E-state index in [4.69, 9.17) is 0 Å². The lowest BCUT2D eigenvalue weighted by molar-refractivity contribution is -0.151. The molecule has 2 saturated heterocycles. The van der Waals surface area contributed by atoms with Gasteiger partial charge in [0.2, 0.25) is 18.2 Å². The molecule has 3 amide bonds. The van der Waals surface area contributed by atoms with Gasteiger partial charge in [0.15, 0.2) is 0 Å². The Morgan fingerprint density at radius 2 is 1.32 bits per heavy atom. The zero-order valence-electron chi connectivity index (χ0n) is 15.8. The topological polar surface area (TPSA) is 64.2 Å². The van der Waals surface area contributed by atoms with Crippen LogP contribution in [0.1, 0.15) is 12.8 Å². The van der Waals surface area contributed by atoms with E-state index in [1.54, 1.807) is 26.8 Å². The predicted molar refractivity (Wildman–Crippen MR) is 101 cm³/mol. The fourth-order valence-corrected chi connectivity index (χ4v) is 4.10. The number of rotatable bonds is 4. The van der Waals surface area contributed by atoms with Crippen molar-refractivity contribution in [1.29, 1.82) is 0 Å². The number of hydrogen-bond donors (Lipinski definition) is 0. The molecule has 0 radical (unpaired) electrons. The Bertz CT molecular complexity index is 749. The molecule has 8 heteroatoms. The highest BCUT2D eigenvalue weighted by atomic mass is 19.1. The van der Waals surface area contributed by atoms with E-state index in [9.17, 15) is 18.8 Å². The van der Waals surface area contributed by atoms with Gasteiger partial charge in [0, 0.05) is 58.0 Å². The zero-order chi connectivity index (χ0) is 19.7. The molecule has 2 aliphatic heterocycles. The predicted octanol–water partition coefficient (Wildman–Crippen LogP) is 0.555. The van der Waals surface area contributed by atoms with E-state index in [2.05, 4.69) is 4.90 Å². The van der Waals surface area contributed by atoms with E-state index in [1.807, 2.05) is 0 Å². The lowest BCUT2D eigenvalue weighted by Crippen LogP contribution is -2.56. The first-order chi connectivity index (χ1) is 13.5. The maximum absolute atomic E-state index is 13.1. The first-order valence-corrected chi connectivity index (χ1v) is 9.82. The molecule has 0 N–H and O–H groups in total. The number of hydrogen-bond acceptors (Lipinski definition) is 4. The fourth-order valence-electron chi connectivity index (χ4n) is 4.10. The Kier molecular flexibility index (Phi) is 4.95. The van der Waals surface area contributed by atoms with Crippen LogP contribution < -0.4 is 4.90 Å². The van der Waals surface area contributed by atoms with E-state index in [0.29, 0.717) is 65.2 Å². The van der Waals surface area contributed by atoms with Gasteiger partial charge >= 0.3 is 0 Å². The largest absolute Gasteiger partial charge is 0.368 e. The van der Waals surface area contributed by atoms with Crippen molar-refractivity contribution in [3.63, 3.8) is 0 Å². The van der Waals surface area contributed by atoms with Gasteiger partial charge in [0.1, 0.15) is 11.2 Å². The number of nitrogens with zero attached hydrogens (tertiary/aromatic N) is 4. The number of amides is 3. The molecule has 1 aromatic carbocycles. The van der Waals surface area contributed by atoms with Crippen molar-refractivity contribution < 1.29 is 18.8 Å². The van der Waals surface area contributed by atoms with Crippen LogP contribution in [0.4, 0.5) is 10.1 Å². The average Bonchev–Trinajstić information content (AvgIpc) is 3.55. The summed E-state index contributed by atoms with van der Waals surface area (Å²) in [7, 11) is 0. The molecule has 0 atom stereocenters. The molecule has 1 aromatic rings. The minimum Gasteiger partial charge on any atom is -0.368 e. The van der Waals surface area contributed by atoms with Gasteiger partial charge in [-0.05, 0) is 37.1 Å². The molecule has 0 aromatic heterocycles. The van der Waals surface area contributed by atoms with E-state index in [1.165, 1.54) is 12.1 Å². The molecule has 0 spiro atoms. The van der Waals surface area contributed by atoms with Crippen LogP contribution in [0.25, 0.3) is 0 Å². The van der Waals surface area contributed by atoms with Crippen molar-refractivity contribution in [3.8, 4) is 0 Å². The van der Waals surface area contributed by atoms with Crippen molar-refractivity contribution in [2.24, 2.45) is 5.41 Å². The molecule has 3 aliphatic rings.